The molecule has 0 aliphatic carbocycles. The van der Waals surface area contributed by atoms with Crippen molar-refractivity contribution in [2.75, 3.05) is 29.9 Å². The average Bonchev–Trinajstić information content (AvgIpc) is 3.19. The molecule has 2 aliphatic rings. The Morgan fingerprint density at radius 2 is 1.84 bits per heavy atom. The highest BCUT2D eigenvalue weighted by Gasteiger charge is 2.29. The van der Waals surface area contributed by atoms with Crippen LogP contribution >= 0.6 is 11.6 Å². The Balaban J connectivity index is 1.40. The molecule has 3 amide bonds. The summed E-state index contributed by atoms with van der Waals surface area (Å²) in [7, 11) is 0. The van der Waals surface area contributed by atoms with Crippen LogP contribution in [-0.4, -0.2) is 42.3 Å². The van der Waals surface area contributed by atoms with E-state index < -0.39 is 5.82 Å². The van der Waals surface area contributed by atoms with E-state index in [9.17, 15) is 18.8 Å². The molecule has 2 aliphatic heterocycles. The monoisotopic (exact) mass is 443 g/mol. The molecule has 6 nitrogen and oxygen atoms in total. The molecular formula is C23H23ClFN3O3. The van der Waals surface area contributed by atoms with Crippen LogP contribution in [0.5, 0.6) is 0 Å². The highest BCUT2D eigenvalue weighted by molar-refractivity contribution is 6.34. The number of nitrogens with one attached hydrogen (secondary N) is 1. The Morgan fingerprint density at radius 1 is 1.06 bits per heavy atom. The lowest BCUT2D eigenvalue weighted by Crippen LogP contribution is -2.43. The molecular weight excluding hydrogens is 421 g/mol. The van der Waals surface area contributed by atoms with Crippen LogP contribution < -0.4 is 10.2 Å². The smallest absolute Gasteiger partial charge is 0.253 e. The van der Waals surface area contributed by atoms with E-state index in [0.717, 1.165) is 6.42 Å². The number of nitrogens with zero attached hydrogens (tertiary/aromatic N) is 2. The standard InChI is InChI=1S/C23H23ClFN3O3/c24-19-13-18(9-10-20(19)28-12-2-4-21(28)29)26-22(30)16-3-1-11-27(14-16)23(31)15-5-7-17(25)8-6-15/h5-10,13,16H,1-4,11-12,14H2,(H,26,30). The zero-order valence-electron chi connectivity index (χ0n) is 16.9. The van der Waals surface area contributed by atoms with Crippen molar-refractivity contribution in [3.8, 4) is 0 Å². The maximum atomic E-state index is 13.1. The molecule has 0 bridgehead atoms. The van der Waals surface area contributed by atoms with Gasteiger partial charge < -0.3 is 15.1 Å². The molecule has 8 heteroatoms. The quantitative estimate of drug-likeness (QED) is 0.773. The number of hydrogen-bond acceptors (Lipinski definition) is 3. The largest absolute Gasteiger partial charge is 0.338 e. The molecule has 0 saturated carbocycles. The van der Waals surface area contributed by atoms with Crippen molar-refractivity contribution < 1.29 is 18.8 Å². The second-order valence-corrected chi connectivity index (χ2v) is 8.31. The van der Waals surface area contributed by atoms with Crippen molar-refractivity contribution in [1.29, 1.82) is 0 Å². The first-order valence-electron chi connectivity index (χ1n) is 10.4. The van der Waals surface area contributed by atoms with Crippen LogP contribution in [0.1, 0.15) is 36.0 Å². The van der Waals surface area contributed by atoms with E-state index >= 15 is 0 Å². The lowest BCUT2D eigenvalue weighted by molar-refractivity contribution is -0.121. The predicted octanol–water partition coefficient (Wildman–Crippen LogP) is 4.10. The maximum Gasteiger partial charge on any atom is 0.253 e. The van der Waals surface area contributed by atoms with Gasteiger partial charge in [-0.2, -0.15) is 0 Å². The van der Waals surface area contributed by atoms with Gasteiger partial charge in [-0.1, -0.05) is 11.6 Å². The van der Waals surface area contributed by atoms with Gasteiger partial charge in [-0.3, -0.25) is 14.4 Å². The lowest BCUT2D eigenvalue weighted by atomic mass is 9.96. The summed E-state index contributed by atoms with van der Waals surface area (Å²) in [6.45, 7) is 1.50. The number of halogens is 2. The van der Waals surface area contributed by atoms with E-state index in [2.05, 4.69) is 5.32 Å². The molecule has 1 atom stereocenters. The predicted molar refractivity (Wildman–Crippen MR) is 117 cm³/mol. The first-order valence-corrected chi connectivity index (χ1v) is 10.8. The Kier molecular flexibility index (Phi) is 6.23. The SMILES string of the molecule is O=C(Nc1ccc(N2CCCC2=O)c(Cl)c1)C1CCCN(C(=O)c2ccc(F)cc2)C1. The molecule has 2 saturated heterocycles. The summed E-state index contributed by atoms with van der Waals surface area (Å²) < 4.78 is 13.1. The Bertz CT molecular complexity index is 1010. The summed E-state index contributed by atoms with van der Waals surface area (Å²) in [4.78, 5) is 40.8. The Labute approximate surface area is 185 Å². The second-order valence-electron chi connectivity index (χ2n) is 7.90. The van der Waals surface area contributed by atoms with E-state index in [1.54, 1.807) is 28.0 Å². The van der Waals surface area contributed by atoms with Gasteiger partial charge in [0.05, 0.1) is 16.6 Å². The minimum atomic E-state index is -0.397. The van der Waals surface area contributed by atoms with Crippen LogP contribution in [0.15, 0.2) is 42.5 Å². The lowest BCUT2D eigenvalue weighted by Gasteiger charge is -2.32. The summed E-state index contributed by atoms with van der Waals surface area (Å²) in [5, 5.41) is 3.28. The number of carbonyl (C=O) groups is 3. The number of hydrogen-bond donors (Lipinski definition) is 1. The molecule has 2 aromatic carbocycles. The van der Waals surface area contributed by atoms with Crippen LogP contribution in [0.25, 0.3) is 0 Å². The van der Waals surface area contributed by atoms with Crippen molar-refractivity contribution in [2.24, 2.45) is 5.92 Å². The normalized spacial score (nSPS) is 18.9. The molecule has 0 radical (unpaired) electrons. The van der Waals surface area contributed by atoms with Gasteiger partial charge in [0.15, 0.2) is 0 Å². The third-order valence-corrected chi connectivity index (χ3v) is 6.05. The van der Waals surface area contributed by atoms with Crippen LogP contribution in [0.3, 0.4) is 0 Å². The zero-order valence-corrected chi connectivity index (χ0v) is 17.7. The fraction of sp³-hybridized carbons (Fsp3) is 0.348. The molecule has 1 N–H and O–H groups in total. The van der Waals surface area contributed by atoms with E-state index in [1.807, 2.05) is 0 Å². The zero-order chi connectivity index (χ0) is 22.0. The maximum absolute atomic E-state index is 13.1. The van der Waals surface area contributed by atoms with Crippen molar-refractivity contribution in [1.82, 2.24) is 4.90 Å². The Morgan fingerprint density at radius 3 is 2.52 bits per heavy atom. The van der Waals surface area contributed by atoms with Gasteiger partial charge >= 0.3 is 0 Å². The number of rotatable bonds is 4. The second kappa shape index (κ2) is 9.06. The van der Waals surface area contributed by atoms with Gasteiger partial charge in [-0.25, -0.2) is 4.39 Å². The molecule has 1 unspecified atom stereocenters. The number of amides is 3. The summed E-state index contributed by atoms with van der Waals surface area (Å²) in [6.07, 6.45) is 2.71. The molecule has 4 rings (SSSR count). The number of piperidine rings is 1. The summed E-state index contributed by atoms with van der Waals surface area (Å²) in [5.41, 5.74) is 1.60. The summed E-state index contributed by atoms with van der Waals surface area (Å²) in [6, 6.07) is 10.5. The molecule has 0 spiro atoms. The number of benzene rings is 2. The van der Waals surface area contributed by atoms with Gasteiger partial charge in [0.1, 0.15) is 5.82 Å². The van der Waals surface area contributed by atoms with Gasteiger partial charge in [0.2, 0.25) is 11.8 Å². The first-order chi connectivity index (χ1) is 14.9. The number of anilines is 2. The van der Waals surface area contributed by atoms with Gasteiger partial charge in [0, 0.05) is 37.3 Å². The van der Waals surface area contributed by atoms with Gasteiger partial charge in [-0.15, -0.1) is 0 Å². The van der Waals surface area contributed by atoms with Crippen LogP contribution in [0.2, 0.25) is 5.02 Å². The van der Waals surface area contributed by atoms with E-state index in [1.165, 1.54) is 24.3 Å². The third-order valence-electron chi connectivity index (χ3n) is 5.75. The highest BCUT2D eigenvalue weighted by atomic mass is 35.5. The van der Waals surface area contributed by atoms with Crippen LogP contribution in [0, 0.1) is 11.7 Å². The number of likely N-dealkylation sites (tertiary alicyclic amines) is 1. The van der Waals surface area contributed by atoms with Crippen molar-refractivity contribution in [2.45, 2.75) is 25.7 Å². The van der Waals surface area contributed by atoms with Crippen molar-refractivity contribution >= 4 is 40.7 Å². The molecule has 2 aromatic rings. The molecule has 2 heterocycles. The average molecular weight is 444 g/mol. The molecule has 0 aromatic heterocycles. The molecule has 31 heavy (non-hydrogen) atoms. The number of carbonyl (C=O) groups excluding carboxylic acids is 3. The first kappa shape index (κ1) is 21.3. The van der Waals surface area contributed by atoms with Crippen molar-refractivity contribution in [3.63, 3.8) is 0 Å². The molecule has 2 fully saturated rings. The summed E-state index contributed by atoms with van der Waals surface area (Å²) in [5.74, 6) is -1.09. The third kappa shape index (κ3) is 4.71. The van der Waals surface area contributed by atoms with E-state index in [4.69, 9.17) is 11.6 Å². The van der Waals surface area contributed by atoms with Gasteiger partial charge in [-0.05, 0) is 61.7 Å². The summed E-state index contributed by atoms with van der Waals surface area (Å²) >= 11 is 6.36. The van der Waals surface area contributed by atoms with Crippen molar-refractivity contribution in [3.05, 3.63) is 58.9 Å². The fourth-order valence-electron chi connectivity index (χ4n) is 4.10. The van der Waals surface area contributed by atoms with Crippen LogP contribution in [-0.2, 0) is 9.59 Å². The van der Waals surface area contributed by atoms with Crippen LogP contribution in [0.4, 0.5) is 15.8 Å². The minimum Gasteiger partial charge on any atom is -0.338 e. The van der Waals surface area contributed by atoms with E-state index in [0.29, 0.717) is 60.9 Å². The Hall–Kier alpha value is -2.93. The van der Waals surface area contributed by atoms with E-state index in [-0.39, 0.29) is 23.6 Å². The highest BCUT2D eigenvalue weighted by Crippen LogP contribution is 2.32. The minimum absolute atomic E-state index is 0.0480. The molecule has 162 valence electrons. The fourth-order valence-corrected chi connectivity index (χ4v) is 4.38. The topological polar surface area (TPSA) is 69.7 Å². The van der Waals surface area contributed by atoms with Gasteiger partial charge in [0.25, 0.3) is 5.91 Å².